The van der Waals surface area contributed by atoms with Crippen molar-refractivity contribution in [3.8, 4) is 11.6 Å². The molecule has 7 heteroatoms. The van der Waals surface area contributed by atoms with Crippen molar-refractivity contribution in [1.29, 1.82) is 0 Å². The largest absolute Gasteiger partial charge is 0.484 e. The van der Waals surface area contributed by atoms with Gasteiger partial charge in [0, 0.05) is 25.8 Å². The molecule has 2 N–H and O–H groups in total. The van der Waals surface area contributed by atoms with Gasteiger partial charge in [-0.25, -0.2) is 4.98 Å². The molecule has 148 valence electrons. The average Bonchev–Trinajstić information content (AvgIpc) is 2.73. The molecule has 2 aliphatic heterocycles. The van der Waals surface area contributed by atoms with Crippen LogP contribution >= 0.6 is 0 Å². The molecular weight excluding hydrogens is 358 g/mol. The lowest BCUT2D eigenvalue weighted by Crippen LogP contribution is -2.37. The topological polar surface area (TPSA) is 86.9 Å². The van der Waals surface area contributed by atoms with Gasteiger partial charge in [0.25, 0.3) is 5.88 Å². The predicted molar refractivity (Wildman–Crippen MR) is 103 cm³/mol. The van der Waals surface area contributed by atoms with E-state index in [9.17, 15) is 4.79 Å². The summed E-state index contributed by atoms with van der Waals surface area (Å²) in [5.74, 6) is 0.831. The van der Waals surface area contributed by atoms with Gasteiger partial charge in [-0.2, -0.15) is 0 Å². The van der Waals surface area contributed by atoms with Gasteiger partial charge in [-0.05, 0) is 36.1 Å². The molecule has 2 aliphatic rings. The Kier molecular flexibility index (Phi) is 5.73. The Morgan fingerprint density at radius 2 is 2.00 bits per heavy atom. The van der Waals surface area contributed by atoms with E-state index >= 15 is 0 Å². The number of hydrogen-bond donors (Lipinski definition) is 1. The van der Waals surface area contributed by atoms with Crippen LogP contribution in [0.25, 0.3) is 0 Å². The standard InChI is InChI=1S/C21H25N3O4/c22-20(25)14-26-17-7-10-24(11-8-17)12-15-3-5-16(6-4-15)19-13-27-18-2-1-9-23-21(18)28-19/h1-6,9,17,19H,7-8,10-14H2,(H2,22,25). The maximum Gasteiger partial charge on any atom is 0.257 e. The van der Waals surface area contributed by atoms with Crippen LogP contribution in [0, 0.1) is 0 Å². The van der Waals surface area contributed by atoms with E-state index in [1.165, 1.54) is 5.56 Å². The Morgan fingerprint density at radius 3 is 2.75 bits per heavy atom. The summed E-state index contributed by atoms with van der Waals surface area (Å²) in [5.41, 5.74) is 7.48. The summed E-state index contributed by atoms with van der Waals surface area (Å²) >= 11 is 0. The van der Waals surface area contributed by atoms with Crippen LogP contribution in [0.2, 0.25) is 0 Å². The number of piperidine rings is 1. The van der Waals surface area contributed by atoms with E-state index in [4.69, 9.17) is 19.9 Å². The van der Waals surface area contributed by atoms with Crippen molar-refractivity contribution >= 4 is 5.91 Å². The summed E-state index contributed by atoms with van der Waals surface area (Å²) in [6.07, 6.45) is 3.53. The van der Waals surface area contributed by atoms with E-state index in [1.54, 1.807) is 6.20 Å². The summed E-state index contributed by atoms with van der Waals surface area (Å²) in [6, 6.07) is 12.2. The van der Waals surface area contributed by atoms with E-state index in [1.807, 2.05) is 12.1 Å². The Labute approximate surface area is 164 Å². The number of ether oxygens (including phenoxy) is 3. The van der Waals surface area contributed by atoms with Gasteiger partial charge in [0.15, 0.2) is 11.9 Å². The highest BCUT2D eigenvalue weighted by molar-refractivity contribution is 5.75. The molecule has 3 heterocycles. The number of pyridine rings is 1. The molecule has 0 spiro atoms. The highest BCUT2D eigenvalue weighted by atomic mass is 16.6. The normalized spacial score (nSPS) is 20.1. The van der Waals surface area contributed by atoms with Gasteiger partial charge in [0.05, 0.1) is 6.10 Å². The Balaban J connectivity index is 1.28. The zero-order valence-electron chi connectivity index (χ0n) is 15.8. The minimum Gasteiger partial charge on any atom is -0.484 e. The van der Waals surface area contributed by atoms with Gasteiger partial charge < -0.3 is 19.9 Å². The molecule has 0 bridgehead atoms. The lowest BCUT2D eigenvalue weighted by atomic mass is 10.0. The molecule has 1 fully saturated rings. The maximum absolute atomic E-state index is 10.8. The summed E-state index contributed by atoms with van der Waals surface area (Å²) < 4.78 is 17.2. The van der Waals surface area contributed by atoms with Crippen LogP contribution in [-0.2, 0) is 16.1 Å². The second-order valence-electron chi connectivity index (χ2n) is 7.22. The SMILES string of the molecule is NC(=O)COC1CCN(Cc2ccc(C3COc4cccnc4O3)cc2)CC1. The van der Waals surface area contributed by atoms with Crippen molar-refractivity contribution in [2.75, 3.05) is 26.3 Å². The quantitative estimate of drug-likeness (QED) is 0.822. The summed E-state index contributed by atoms with van der Waals surface area (Å²) in [6.45, 7) is 3.30. The molecular formula is C21H25N3O4. The third-order valence-corrected chi connectivity index (χ3v) is 5.13. The molecule has 1 unspecified atom stereocenters. The van der Waals surface area contributed by atoms with Gasteiger partial charge in [-0.3, -0.25) is 9.69 Å². The van der Waals surface area contributed by atoms with Crippen molar-refractivity contribution in [3.63, 3.8) is 0 Å². The fourth-order valence-electron chi connectivity index (χ4n) is 3.60. The highest BCUT2D eigenvalue weighted by Gasteiger charge is 2.24. The zero-order chi connectivity index (χ0) is 19.3. The van der Waals surface area contributed by atoms with Crippen LogP contribution in [-0.4, -0.2) is 48.2 Å². The number of carbonyl (C=O) groups is 1. The van der Waals surface area contributed by atoms with Crippen LogP contribution in [0.1, 0.15) is 30.1 Å². The van der Waals surface area contributed by atoms with Gasteiger partial charge in [-0.1, -0.05) is 24.3 Å². The molecule has 1 atom stereocenters. The van der Waals surface area contributed by atoms with Gasteiger partial charge in [0.1, 0.15) is 13.2 Å². The molecule has 2 aromatic rings. The van der Waals surface area contributed by atoms with Crippen LogP contribution in [0.15, 0.2) is 42.6 Å². The van der Waals surface area contributed by atoms with Gasteiger partial charge in [-0.15, -0.1) is 0 Å². The Morgan fingerprint density at radius 1 is 1.21 bits per heavy atom. The molecule has 4 rings (SSSR count). The maximum atomic E-state index is 10.8. The first-order chi connectivity index (χ1) is 13.7. The lowest BCUT2D eigenvalue weighted by molar-refractivity contribution is -0.125. The Hall–Kier alpha value is -2.64. The first-order valence-corrected chi connectivity index (χ1v) is 9.63. The fourth-order valence-corrected chi connectivity index (χ4v) is 3.60. The number of fused-ring (bicyclic) bond motifs is 1. The second-order valence-corrected chi connectivity index (χ2v) is 7.22. The van der Waals surface area contributed by atoms with Crippen LogP contribution < -0.4 is 15.2 Å². The zero-order valence-corrected chi connectivity index (χ0v) is 15.8. The fraction of sp³-hybridized carbons (Fsp3) is 0.429. The number of benzene rings is 1. The van der Waals surface area contributed by atoms with E-state index in [0.29, 0.717) is 18.2 Å². The second kappa shape index (κ2) is 8.58. The number of nitrogens with zero attached hydrogens (tertiary/aromatic N) is 2. The number of carbonyl (C=O) groups excluding carboxylic acids is 1. The minimum absolute atomic E-state index is 0.0130. The van der Waals surface area contributed by atoms with Crippen molar-refractivity contribution in [1.82, 2.24) is 9.88 Å². The average molecular weight is 383 g/mol. The van der Waals surface area contributed by atoms with Crippen molar-refractivity contribution in [2.24, 2.45) is 5.73 Å². The third kappa shape index (κ3) is 4.61. The van der Waals surface area contributed by atoms with E-state index < -0.39 is 5.91 Å². The Bertz CT molecular complexity index is 804. The molecule has 28 heavy (non-hydrogen) atoms. The first kappa shape index (κ1) is 18.7. The van der Waals surface area contributed by atoms with Crippen LogP contribution in [0.3, 0.4) is 0 Å². The molecule has 1 aromatic heterocycles. The number of amides is 1. The van der Waals surface area contributed by atoms with Crippen molar-refractivity contribution in [3.05, 3.63) is 53.7 Å². The predicted octanol–water partition coefficient (Wildman–Crippen LogP) is 2.06. The number of rotatable bonds is 6. The molecule has 0 aliphatic carbocycles. The van der Waals surface area contributed by atoms with Crippen LogP contribution in [0.5, 0.6) is 11.6 Å². The minimum atomic E-state index is -0.408. The lowest BCUT2D eigenvalue weighted by Gasteiger charge is -2.31. The van der Waals surface area contributed by atoms with Crippen LogP contribution in [0.4, 0.5) is 0 Å². The molecule has 1 aromatic carbocycles. The first-order valence-electron chi connectivity index (χ1n) is 9.63. The monoisotopic (exact) mass is 383 g/mol. The smallest absolute Gasteiger partial charge is 0.257 e. The molecule has 7 nitrogen and oxygen atoms in total. The van der Waals surface area contributed by atoms with Crippen molar-refractivity contribution in [2.45, 2.75) is 31.6 Å². The molecule has 1 saturated heterocycles. The summed E-state index contributed by atoms with van der Waals surface area (Å²) in [4.78, 5) is 17.4. The molecule has 0 radical (unpaired) electrons. The number of nitrogens with two attached hydrogens (primary N) is 1. The van der Waals surface area contributed by atoms with E-state index in [-0.39, 0.29) is 18.8 Å². The van der Waals surface area contributed by atoms with E-state index in [2.05, 4.69) is 34.1 Å². The highest BCUT2D eigenvalue weighted by Crippen LogP contribution is 2.34. The summed E-state index contributed by atoms with van der Waals surface area (Å²) in [5, 5.41) is 0. The summed E-state index contributed by atoms with van der Waals surface area (Å²) in [7, 11) is 0. The molecule has 0 saturated carbocycles. The number of aromatic nitrogens is 1. The molecule has 1 amide bonds. The third-order valence-electron chi connectivity index (χ3n) is 5.13. The number of hydrogen-bond acceptors (Lipinski definition) is 6. The van der Waals surface area contributed by atoms with E-state index in [0.717, 1.165) is 38.0 Å². The van der Waals surface area contributed by atoms with Gasteiger partial charge in [0.2, 0.25) is 5.91 Å². The number of primary amides is 1. The van der Waals surface area contributed by atoms with Gasteiger partial charge >= 0.3 is 0 Å². The van der Waals surface area contributed by atoms with Crippen molar-refractivity contribution < 1.29 is 19.0 Å². The number of likely N-dealkylation sites (tertiary alicyclic amines) is 1.